The van der Waals surface area contributed by atoms with Gasteiger partial charge in [-0.15, -0.1) is 11.3 Å². The van der Waals surface area contributed by atoms with E-state index in [1.807, 2.05) is 48.7 Å². The van der Waals surface area contributed by atoms with Crippen LogP contribution < -0.4 is 0 Å². The zero-order valence-corrected chi connectivity index (χ0v) is 11.6. The molecule has 5 heteroatoms. The Bertz CT molecular complexity index is 759. The van der Waals surface area contributed by atoms with Gasteiger partial charge < -0.3 is 5.11 Å². The molecule has 100 valence electrons. The quantitative estimate of drug-likeness (QED) is 0.799. The summed E-state index contributed by atoms with van der Waals surface area (Å²) in [5.74, 6) is -0.963. The molecule has 20 heavy (non-hydrogen) atoms. The van der Waals surface area contributed by atoms with Gasteiger partial charge in [-0.1, -0.05) is 18.2 Å². The van der Waals surface area contributed by atoms with Crippen molar-refractivity contribution in [3.63, 3.8) is 0 Å². The van der Waals surface area contributed by atoms with E-state index in [-0.39, 0.29) is 5.56 Å². The topological polar surface area (TPSA) is 55.1 Å². The molecule has 0 bridgehead atoms. The highest BCUT2D eigenvalue weighted by atomic mass is 32.1. The van der Waals surface area contributed by atoms with Gasteiger partial charge >= 0.3 is 5.97 Å². The van der Waals surface area contributed by atoms with Crippen LogP contribution in [0.5, 0.6) is 0 Å². The van der Waals surface area contributed by atoms with Crippen LogP contribution in [0.3, 0.4) is 0 Å². The Balaban J connectivity index is 2.18. The first-order chi connectivity index (χ1) is 9.66. The molecule has 0 aliphatic heterocycles. The molecule has 0 radical (unpaired) electrons. The van der Waals surface area contributed by atoms with Crippen LogP contribution in [-0.4, -0.2) is 20.9 Å². The summed E-state index contributed by atoms with van der Waals surface area (Å²) in [5.41, 5.74) is 2.62. The first kappa shape index (κ1) is 12.6. The Morgan fingerprint density at radius 1 is 1.25 bits per heavy atom. The van der Waals surface area contributed by atoms with E-state index >= 15 is 0 Å². The number of hydrogen-bond acceptors (Lipinski definition) is 3. The molecule has 3 aromatic rings. The largest absolute Gasteiger partial charge is 0.478 e. The lowest BCUT2D eigenvalue weighted by Crippen LogP contribution is -1.96. The minimum absolute atomic E-state index is 0.222. The van der Waals surface area contributed by atoms with E-state index in [1.165, 1.54) is 11.3 Å². The monoisotopic (exact) mass is 284 g/mol. The molecule has 2 heterocycles. The summed E-state index contributed by atoms with van der Waals surface area (Å²) in [6.45, 7) is 1.96. The number of carbonyl (C=O) groups is 1. The van der Waals surface area contributed by atoms with Crippen molar-refractivity contribution in [2.24, 2.45) is 0 Å². The minimum Gasteiger partial charge on any atom is -0.478 e. The van der Waals surface area contributed by atoms with E-state index in [9.17, 15) is 9.90 Å². The molecule has 1 N–H and O–H groups in total. The number of carboxylic acids is 1. The molecule has 0 unspecified atom stereocenters. The maximum atomic E-state index is 11.4. The van der Waals surface area contributed by atoms with Gasteiger partial charge in [0.05, 0.1) is 10.6 Å². The van der Waals surface area contributed by atoms with Crippen LogP contribution in [0, 0.1) is 6.92 Å². The first-order valence-corrected chi connectivity index (χ1v) is 6.97. The molecule has 2 aromatic heterocycles. The number of para-hydroxylation sites is 1. The standard InChI is InChI=1S/C15H12N2O2S/c1-10-7-8-20-14(10)13-12(15(18)19)9-17(16-13)11-5-3-2-4-6-11/h2-9H,1H3,(H,18,19). The van der Waals surface area contributed by atoms with Gasteiger partial charge in [0, 0.05) is 6.20 Å². The predicted molar refractivity (Wildman–Crippen MR) is 78.6 cm³/mol. The molecule has 0 saturated carbocycles. The van der Waals surface area contributed by atoms with Crippen molar-refractivity contribution in [1.29, 1.82) is 0 Å². The van der Waals surface area contributed by atoms with Crippen molar-refractivity contribution >= 4 is 17.3 Å². The van der Waals surface area contributed by atoms with E-state index in [1.54, 1.807) is 10.9 Å². The fraction of sp³-hybridized carbons (Fsp3) is 0.0667. The van der Waals surface area contributed by atoms with Crippen LogP contribution in [0.4, 0.5) is 0 Å². The summed E-state index contributed by atoms with van der Waals surface area (Å²) < 4.78 is 1.61. The Morgan fingerprint density at radius 2 is 2.00 bits per heavy atom. The lowest BCUT2D eigenvalue weighted by molar-refractivity contribution is 0.0697. The molecule has 4 nitrogen and oxygen atoms in total. The fourth-order valence-electron chi connectivity index (χ4n) is 2.03. The normalized spacial score (nSPS) is 10.7. The third kappa shape index (κ3) is 2.12. The Morgan fingerprint density at radius 3 is 2.60 bits per heavy atom. The van der Waals surface area contributed by atoms with Crippen molar-refractivity contribution in [2.45, 2.75) is 6.92 Å². The lowest BCUT2D eigenvalue weighted by Gasteiger charge is -1.99. The van der Waals surface area contributed by atoms with Gasteiger partial charge in [0.2, 0.25) is 0 Å². The van der Waals surface area contributed by atoms with E-state index in [0.29, 0.717) is 5.69 Å². The maximum Gasteiger partial charge on any atom is 0.339 e. The maximum absolute atomic E-state index is 11.4. The molecule has 0 aliphatic rings. The number of thiophene rings is 1. The lowest BCUT2D eigenvalue weighted by atomic mass is 10.2. The summed E-state index contributed by atoms with van der Waals surface area (Å²) in [6, 6.07) is 11.5. The zero-order valence-electron chi connectivity index (χ0n) is 10.8. The number of nitrogens with zero attached hydrogens (tertiary/aromatic N) is 2. The van der Waals surface area contributed by atoms with Crippen LogP contribution in [-0.2, 0) is 0 Å². The molecule has 0 aliphatic carbocycles. The minimum atomic E-state index is -0.963. The first-order valence-electron chi connectivity index (χ1n) is 6.09. The molecule has 3 rings (SSSR count). The highest BCUT2D eigenvalue weighted by molar-refractivity contribution is 7.13. The van der Waals surface area contributed by atoms with Gasteiger partial charge in [0.1, 0.15) is 11.3 Å². The molecule has 0 amide bonds. The molecule has 0 spiro atoms. The Kier molecular flexibility index (Phi) is 3.12. The number of benzene rings is 1. The van der Waals surface area contributed by atoms with Crippen molar-refractivity contribution in [3.8, 4) is 16.3 Å². The molecule has 0 saturated heterocycles. The average molecular weight is 284 g/mol. The highest BCUT2D eigenvalue weighted by Gasteiger charge is 2.19. The fourth-order valence-corrected chi connectivity index (χ4v) is 2.95. The van der Waals surface area contributed by atoms with E-state index in [0.717, 1.165) is 16.1 Å². The van der Waals surface area contributed by atoms with E-state index in [2.05, 4.69) is 5.10 Å². The number of aromatic nitrogens is 2. The Hall–Kier alpha value is -2.40. The van der Waals surface area contributed by atoms with Crippen molar-refractivity contribution in [1.82, 2.24) is 9.78 Å². The molecule has 0 fully saturated rings. The van der Waals surface area contributed by atoms with Gasteiger partial charge in [0.15, 0.2) is 0 Å². The van der Waals surface area contributed by atoms with Gasteiger partial charge in [-0.25, -0.2) is 9.48 Å². The Labute approximate surface area is 119 Å². The van der Waals surface area contributed by atoms with Crippen LogP contribution >= 0.6 is 11.3 Å². The second-order valence-corrected chi connectivity index (χ2v) is 5.33. The molecular weight excluding hydrogens is 272 g/mol. The average Bonchev–Trinajstić information content (AvgIpc) is 3.05. The number of carboxylic acid groups (broad SMARTS) is 1. The number of aryl methyl sites for hydroxylation is 1. The highest BCUT2D eigenvalue weighted by Crippen LogP contribution is 2.31. The van der Waals surface area contributed by atoms with E-state index in [4.69, 9.17) is 0 Å². The van der Waals surface area contributed by atoms with E-state index < -0.39 is 5.97 Å². The van der Waals surface area contributed by atoms with Crippen LogP contribution in [0.2, 0.25) is 0 Å². The summed E-state index contributed by atoms with van der Waals surface area (Å²) in [5, 5.41) is 15.8. The van der Waals surface area contributed by atoms with Crippen LogP contribution in [0.1, 0.15) is 15.9 Å². The number of rotatable bonds is 3. The second-order valence-electron chi connectivity index (χ2n) is 4.41. The van der Waals surface area contributed by atoms with Crippen LogP contribution in [0.25, 0.3) is 16.3 Å². The predicted octanol–water partition coefficient (Wildman–Crippen LogP) is 3.61. The third-order valence-electron chi connectivity index (χ3n) is 3.04. The van der Waals surface area contributed by atoms with Crippen molar-refractivity contribution in [3.05, 3.63) is 59.1 Å². The summed E-state index contributed by atoms with van der Waals surface area (Å²) in [7, 11) is 0. The number of hydrogen-bond donors (Lipinski definition) is 1. The van der Waals surface area contributed by atoms with Gasteiger partial charge in [-0.2, -0.15) is 5.10 Å². The second kappa shape index (κ2) is 4.94. The van der Waals surface area contributed by atoms with Gasteiger partial charge in [-0.3, -0.25) is 0 Å². The smallest absolute Gasteiger partial charge is 0.339 e. The molecule has 0 atom stereocenters. The molecule has 1 aromatic carbocycles. The SMILES string of the molecule is Cc1ccsc1-c1nn(-c2ccccc2)cc1C(=O)O. The van der Waals surface area contributed by atoms with Crippen molar-refractivity contribution in [2.75, 3.05) is 0 Å². The molecular formula is C15H12N2O2S. The summed E-state index contributed by atoms with van der Waals surface area (Å²) in [6.07, 6.45) is 1.56. The van der Waals surface area contributed by atoms with Crippen molar-refractivity contribution < 1.29 is 9.90 Å². The number of aromatic carboxylic acids is 1. The third-order valence-corrected chi connectivity index (χ3v) is 4.07. The van der Waals surface area contributed by atoms with Gasteiger partial charge in [0.25, 0.3) is 0 Å². The van der Waals surface area contributed by atoms with Crippen LogP contribution in [0.15, 0.2) is 48.0 Å². The van der Waals surface area contributed by atoms with Gasteiger partial charge in [-0.05, 0) is 36.1 Å². The summed E-state index contributed by atoms with van der Waals surface area (Å²) in [4.78, 5) is 12.3. The summed E-state index contributed by atoms with van der Waals surface area (Å²) >= 11 is 1.50. The zero-order chi connectivity index (χ0) is 14.1.